The van der Waals surface area contributed by atoms with E-state index in [0.29, 0.717) is 20.1 Å². The minimum absolute atomic E-state index is 0.308. The van der Waals surface area contributed by atoms with Crippen LogP contribution in [-0.2, 0) is 0 Å². The van der Waals surface area contributed by atoms with Crippen molar-refractivity contribution in [1.82, 2.24) is 0 Å². The average molecular weight is 396 g/mol. The average Bonchev–Trinajstić information content (AvgIpc) is 2.32. The number of hydrogen-bond acceptors (Lipinski definition) is 0. The molecule has 2 aromatic carbocycles. The van der Waals surface area contributed by atoms with Crippen molar-refractivity contribution in [3.63, 3.8) is 0 Å². The van der Waals surface area contributed by atoms with E-state index in [9.17, 15) is 8.78 Å². The van der Waals surface area contributed by atoms with Crippen molar-refractivity contribution >= 4 is 43.5 Å². The van der Waals surface area contributed by atoms with Gasteiger partial charge in [0.15, 0.2) is 0 Å². The molecule has 0 aliphatic carbocycles. The Hall–Kier alpha value is -0.450. The number of hydrogen-bond donors (Lipinski definition) is 0. The first-order valence-electron chi connectivity index (χ1n) is 5.03. The predicted molar refractivity (Wildman–Crippen MR) is 75.9 cm³/mol. The molecule has 5 heteroatoms. The summed E-state index contributed by atoms with van der Waals surface area (Å²) in [5, 5.41) is -0.657. The molecule has 0 amide bonds. The second-order valence-electron chi connectivity index (χ2n) is 3.70. The van der Waals surface area contributed by atoms with Gasteiger partial charge in [0.1, 0.15) is 11.6 Å². The Morgan fingerprint density at radius 1 is 0.944 bits per heavy atom. The van der Waals surface area contributed by atoms with Crippen molar-refractivity contribution in [2.75, 3.05) is 0 Å². The summed E-state index contributed by atoms with van der Waals surface area (Å²) in [6.45, 7) is 0. The van der Waals surface area contributed by atoms with E-state index in [1.54, 1.807) is 24.3 Å². The lowest BCUT2D eigenvalue weighted by molar-refractivity contribution is 0.610. The summed E-state index contributed by atoms with van der Waals surface area (Å²) < 4.78 is 27.8. The summed E-state index contributed by atoms with van der Waals surface area (Å²) in [5.74, 6) is -0.774. The fourth-order valence-corrected chi connectivity index (χ4v) is 2.60. The summed E-state index contributed by atoms with van der Waals surface area (Å²) in [4.78, 5) is 0. The molecule has 0 fully saturated rings. The number of rotatable bonds is 2. The van der Waals surface area contributed by atoms with Crippen LogP contribution in [0.3, 0.4) is 0 Å². The molecule has 1 unspecified atom stereocenters. The fourth-order valence-electron chi connectivity index (χ4n) is 1.56. The van der Waals surface area contributed by atoms with Gasteiger partial charge in [0.05, 0.1) is 9.85 Å². The topological polar surface area (TPSA) is 0 Å². The van der Waals surface area contributed by atoms with Crippen molar-refractivity contribution in [1.29, 1.82) is 0 Å². The van der Waals surface area contributed by atoms with Gasteiger partial charge in [-0.2, -0.15) is 0 Å². The van der Waals surface area contributed by atoms with Crippen molar-refractivity contribution < 1.29 is 8.78 Å². The third-order valence-corrected chi connectivity index (χ3v) is 4.06. The summed E-state index contributed by atoms with van der Waals surface area (Å²) >= 11 is 12.5. The Labute approximate surface area is 125 Å². The van der Waals surface area contributed by atoms with Gasteiger partial charge in [-0.1, -0.05) is 28.1 Å². The van der Waals surface area contributed by atoms with Crippen LogP contribution in [0.1, 0.15) is 16.5 Å². The second kappa shape index (κ2) is 5.68. The lowest BCUT2D eigenvalue weighted by Crippen LogP contribution is -1.97. The Morgan fingerprint density at radius 3 is 2.28 bits per heavy atom. The molecule has 0 spiro atoms. The zero-order valence-electron chi connectivity index (χ0n) is 8.93. The molecule has 2 aromatic rings. The summed E-state index contributed by atoms with van der Waals surface area (Å²) in [7, 11) is 0. The summed E-state index contributed by atoms with van der Waals surface area (Å²) in [6.07, 6.45) is 0. The zero-order valence-corrected chi connectivity index (χ0v) is 12.9. The van der Waals surface area contributed by atoms with Gasteiger partial charge in [-0.05, 0) is 45.8 Å². The highest BCUT2D eigenvalue weighted by molar-refractivity contribution is 9.10. The number of benzene rings is 2. The van der Waals surface area contributed by atoms with Gasteiger partial charge in [-0.15, -0.1) is 11.6 Å². The normalized spacial score (nSPS) is 12.5. The van der Waals surface area contributed by atoms with Gasteiger partial charge in [0.25, 0.3) is 0 Å². The molecule has 1 atom stereocenters. The molecule has 94 valence electrons. The second-order valence-corrected chi connectivity index (χ2v) is 5.91. The monoisotopic (exact) mass is 394 g/mol. The van der Waals surface area contributed by atoms with Crippen LogP contribution in [0.25, 0.3) is 0 Å². The molecule has 0 saturated carbocycles. The van der Waals surface area contributed by atoms with E-state index in [-0.39, 0.29) is 5.82 Å². The standard InChI is InChI=1S/C13H7Br2ClF2/c14-8-2-3-9(12(18)6-8)13(16)7-1-4-11(17)10(15)5-7/h1-6,13H. The lowest BCUT2D eigenvalue weighted by Gasteiger charge is -2.12. The van der Waals surface area contributed by atoms with Gasteiger partial charge < -0.3 is 0 Å². The minimum atomic E-state index is -0.657. The molecule has 0 aliphatic rings. The molecule has 0 aliphatic heterocycles. The highest BCUT2D eigenvalue weighted by Gasteiger charge is 2.16. The Bertz CT molecular complexity index is 587. The Kier molecular flexibility index (Phi) is 4.41. The van der Waals surface area contributed by atoms with E-state index >= 15 is 0 Å². The van der Waals surface area contributed by atoms with Gasteiger partial charge in [0.2, 0.25) is 0 Å². The van der Waals surface area contributed by atoms with Crippen LogP contribution in [0.5, 0.6) is 0 Å². The van der Waals surface area contributed by atoms with E-state index < -0.39 is 11.2 Å². The molecule has 0 aromatic heterocycles. The first-order valence-corrected chi connectivity index (χ1v) is 7.05. The van der Waals surface area contributed by atoms with Crippen LogP contribution in [0, 0.1) is 11.6 Å². The number of halogens is 5. The molecule has 0 bridgehead atoms. The van der Waals surface area contributed by atoms with E-state index in [1.807, 2.05) is 0 Å². The van der Waals surface area contributed by atoms with E-state index in [4.69, 9.17) is 11.6 Å². The molecule has 0 saturated heterocycles. The summed E-state index contributed by atoms with van der Waals surface area (Å²) in [6, 6.07) is 9.06. The third-order valence-electron chi connectivity index (χ3n) is 2.47. The Balaban J connectivity index is 2.41. The molecule has 0 nitrogen and oxygen atoms in total. The zero-order chi connectivity index (χ0) is 13.3. The maximum Gasteiger partial charge on any atom is 0.137 e. The quantitative estimate of drug-likeness (QED) is 0.561. The summed E-state index contributed by atoms with van der Waals surface area (Å²) in [5.41, 5.74) is 0.990. The van der Waals surface area contributed by atoms with Crippen LogP contribution in [0.2, 0.25) is 0 Å². The minimum Gasteiger partial charge on any atom is -0.207 e. The van der Waals surface area contributed by atoms with Crippen LogP contribution in [0.15, 0.2) is 45.3 Å². The van der Waals surface area contributed by atoms with Crippen LogP contribution in [-0.4, -0.2) is 0 Å². The Morgan fingerprint density at radius 2 is 1.67 bits per heavy atom. The van der Waals surface area contributed by atoms with Gasteiger partial charge in [-0.3, -0.25) is 0 Å². The van der Waals surface area contributed by atoms with Crippen LogP contribution in [0.4, 0.5) is 8.78 Å². The highest BCUT2D eigenvalue weighted by atomic mass is 79.9. The smallest absolute Gasteiger partial charge is 0.137 e. The van der Waals surface area contributed by atoms with Gasteiger partial charge in [-0.25, -0.2) is 8.78 Å². The SMILES string of the molecule is Fc1ccc(C(Cl)c2ccc(Br)cc2F)cc1Br. The maximum absolute atomic E-state index is 13.8. The third kappa shape index (κ3) is 2.92. The molecular weight excluding hydrogens is 389 g/mol. The van der Waals surface area contributed by atoms with E-state index in [2.05, 4.69) is 31.9 Å². The molecule has 0 N–H and O–H groups in total. The van der Waals surface area contributed by atoms with E-state index in [0.717, 1.165) is 0 Å². The molecule has 0 heterocycles. The van der Waals surface area contributed by atoms with Crippen LogP contribution < -0.4 is 0 Å². The van der Waals surface area contributed by atoms with Gasteiger partial charge >= 0.3 is 0 Å². The molecular formula is C13H7Br2ClF2. The highest BCUT2D eigenvalue weighted by Crippen LogP contribution is 2.33. The van der Waals surface area contributed by atoms with Crippen molar-refractivity contribution in [3.8, 4) is 0 Å². The number of alkyl halides is 1. The van der Waals surface area contributed by atoms with Crippen molar-refractivity contribution in [2.24, 2.45) is 0 Å². The van der Waals surface area contributed by atoms with Crippen molar-refractivity contribution in [3.05, 3.63) is 68.1 Å². The molecule has 2 rings (SSSR count). The van der Waals surface area contributed by atoms with Crippen molar-refractivity contribution in [2.45, 2.75) is 5.38 Å². The van der Waals surface area contributed by atoms with Gasteiger partial charge in [0, 0.05) is 10.0 Å². The molecule has 18 heavy (non-hydrogen) atoms. The largest absolute Gasteiger partial charge is 0.207 e. The lowest BCUT2D eigenvalue weighted by atomic mass is 10.0. The maximum atomic E-state index is 13.8. The first kappa shape index (κ1) is 14.0. The first-order chi connectivity index (χ1) is 8.49. The fraction of sp³-hybridized carbons (Fsp3) is 0.0769. The van der Waals surface area contributed by atoms with E-state index in [1.165, 1.54) is 12.1 Å². The predicted octanol–water partition coefficient (Wildman–Crippen LogP) is 5.82. The van der Waals surface area contributed by atoms with Crippen LogP contribution >= 0.6 is 43.5 Å². The molecule has 0 radical (unpaired) electrons.